The van der Waals surface area contributed by atoms with Crippen molar-refractivity contribution in [3.63, 3.8) is 0 Å². The molecule has 1 saturated heterocycles. The van der Waals surface area contributed by atoms with Crippen molar-refractivity contribution in [2.45, 2.75) is 44.9 Å². The number of carbonyl (C=O) groups excluding carboxylic acids is 2. The fraction of sp³-hybridized carbons (Fsp3) is 0.600. The summed E-state index contributed by atoms with van der Waals surface area (Å²) in [6, 6.07) is 1.56. The lowest BCUT2D eigenvalue weighted by atomic mass is 9.93. The molecule has 0 bridgehead atoms. The monoisotopic (exact) mass is 343 g/mol. The van der Waals surface area contributed by atoms with Gasteiger partial charge in [0.15, 0.2) is 0 Å². The van der Waals surface area contributed by atoms with Gasteiger partial charge in [-0.3, -0.25) is 4.79 Å². The van der Waals surface area contributed by atoms with Gasteiger partial charge in [-0.2, -0.15) is 0 Å². The minimum atomic E-state index is -1.24. The van der Waals surface area contributed by atoms with Gasteiger partial charge in [0.25, 0.3) is 5.91 Å². The zero-order valence-electron chi connectivity index (χ0n) is 13.5. The summed E-state index contributed by atoms with van der Waals surface area (Å²) in [5.41, 5.74) is 10.6. The van der Waals surface area contributed by atoms with Gasteiger partial charge in [0.05, 0.1) is 17.1 Å². The first-order valence-corrected chi connectivity index (χ1v) is 8.21. The number of hydrogen-bond donors (Lipinski definition) is 2. The van der Waals surface area contributed by atoms with Crippen LogP contribution in [0.15, 0.2) is 6.07 Å². The van der Waals surface area contributed by atoms with Crippen LogP contribution in [0, 0.1) is 0 Å². The van der Waals surface area contributed by atoms with Crippen LogP contribution in [0.3, 0.4) is 0 Å². The highest BCUT2D eigenvalue weighted by Gasteiger charge is 2.35. The molecule has 1 unspecified atom stereocenters. The Bertz CT molecular complexity index is 612. The fourth-order valence-electron chi connectivity index (χ4n) is 2.52. The third-order valence-electron chi connectivity index (χ3n) is 3.60. The maximum atomic E-state index is 14.5. The van der Waals surface area contributed by atoms with Crippen LogP contribution in [-0.4, -0.2) is 41.8 Å². The number of hydrogen-bond acceptors (Lipinski definition) is 5. The van der Waals surface area contributed by atoms with Crippen molar-refractivity contribution in [2.24, 2.45) is 5.73 Å². The normalized spacial score (nSPS) is 22.0. The van der Waals surface area contributed by atoms with Gasteiger partial charge in [0, 0.05) is 17.3 Å². The number of ether oxygens (including phenoxy) is 1. The van der Waals surface area contributed by atoms with Gasteiger partial charge in [-0.25, -0.2) is 9.18 Å². The third-order valence-corrected chi connectivity index (χ3v) is 4.70. The standard InChI is InChI=1S/C15H22FN3O3S/c1-15(2,3)22-14(21)19-5-4-8(10(16)7-19)11-6-9(12(17)20)13(18)23-11/h6,8,10H,4-5,7,18H2,1-3H3,(H2,17,20)/t8?,10-/m1/s1. The van der Waals surface area contributed by atoms with Crippen LogP contribution in [0.2, 0.25) is 0 Å². The lowest BCUT2D eigenvalue weighted by molar-refractivity contribution is 0.0113. The molecule has 2 amide bonds. The summed E-state index contributed by atoms with van der Waals surface area (Å²) in [4.78, 5) is 25.3. The Hall–Kier alpha value is -1.83. The van der Waals surface area contributed by atoms with Crippen molar-refractivity contribution in [3.05, 3.63) is 16.5 Å². The number of nitrogen functional groups attached to an aromatic ring is 1. The number of likely N-dealkylation sites (tertiary alicyclic amines) is 1. The van der Waals surface area contributed by atoms with E-state index in [9.17, 15) is 14.0 Å². The molecule has 1 aliphatic heterocycles. The van der Waals surface area contributed by atoms with Crippen molar-refractivity contribution in [1.82, 2.24) is 4.90 Å². The number of thiophene rings is 1. The van der Waals surface area contributed by atoms with Gasteiger partial charge in [-0.15, -0.1) is 11.3 Å². The average molecular weight is 343 g/mol. The van der Waals surface area contributed by atoms with E-state index in [2.05, 4.69) is 0 Å². The molecule has 1 aliphatic rings. The topological polar surface area (TPSA) is 98.6 Å². The van der Waals surface area contributed by atoms with E-state index in [0.717, 1.165) is 0 Å². The Morgan fingerprint density at radius 3 is 2.57 bits per heavy atom. The Kier molecular flexibility index (Phi) is 4.84. The predicted molar refractivity (Wildman–Crippen MR) is 87.3 cm³/mol. The highest BCUT2D eigenvalue weighted by Crippen LogP contribution is 2.38. The molecule has 1 aromatic rings. The Morgan fingerprint density at radius 2 is 2.09 bits per heavy atom. The molecular formula is C15H22FN3O3S. The van der Waals surface area contributed by atoms with E-state index < -0.39 is 29.7 Å². The highest BCUT2D eigenvalue weighted by atomic mass is 32.1. The van der Waals surface area contributed by atoms with Crippen molar-refractivity contribution in [1.29, 1.82) is 0 Å². The first-order valence-electron chi connectivity index (χ1n) is 7.39. The zero-order chi connectivity index (χ0) is 17.4. The third kappa shape index (κ3) is 4.13. The molecule has 0 saturated carbocycles. The van der Waals surface area contributed by atoms with Gasteiger partial charge in [0.1, 0.15) is 11.8 Å². The zero-order valence-corrected chi connectivity index (χ0v) is 14.3. The minimum absolute atomic E-state index is 0.0384. The molecule has 1 fully saturated rings. The number of anilines is 1. The largest absolute Gasteiger partial charge is 0.444 e. The highest BCUT2D eigenvalue weighted by molar-refractivity contribution is 7.16. The number of carbonyl (C=O) groups is 2. The summed E-state index contributed by atoms with van der Waals surface area (Å²) >= 11 is 1.17. The molecule has 1 aromatic heterocycles. The molecule has 0 aromatic carbocycles. The lowest BCUT2D eigenvalue weighted by Crippen LogP contribution is -2.46. The van der Waals surface area contributed by atoms with Crippen LogP contribution >= 0.6 is 11.3 Å². The number of halogens is 1. The molecule has 0 radical (unpaired) electrons. The SMILES string of the molecule is CC(C)(C)OC(=O)N1CCC(c2cc(C(N)=O)c(N)s2)[C@H](F)C1. The van der Waals surface area contributed by atoms with Crippen LogP contribution < -0.4 is 11.5 Å². The predicted octanol–water partition coefficient (Wildman–Crippen LogP) is 2.49. The van der Waals surface area contributed by atoms with Gasteiger partial charge in [-0.1, -0.05) is 0 Å². The van der Waals surface area contributed by atoms with Gasteiger partial charge >= 0.3 is 6.09 Å². The second-order valence-corrected chi connectivity index (χ2v) is 7.74. The van der Waals surface area contributed by atoms with Crippen molar-refractivity contribution >= 4 is 28.3 Å². The molecule has 2 rings (SSSR count). The Labute approximate surface area is 138 Å². The maximum absolute atomic E-state index is 14.5. The minimum Gasteiger partial charge on any atom is -0.444 e. The van der Waals surface area contributed by atoms with Crippen molar-refractivity contribution in [3.8, 4) is 0 Å². The van der Waals surface area contributed by atoms with Crippen molar-refractivity contribution in [2.75, 3.05) is 18.8 Å². The first-order chi connectivity index (χ1) is 10.6. The average Bonchev–Trinajstić information content (AvgIpc) is 2.78. The molecule has 128 valence electrons. The van der Waals surface area contributed by atoms with Crippen LogP contribution in [0.5, 0.6) is 0 Å². The van der Waals surface area contributed by atoms with E-state index in [4.69, 9.17) is 16.2 Å². The molecule has 23 heavy (non-hydrogen) atoms. The lowest BCUT2D eigenvalue weighted by Gasteiger charge is -2.35. The van der Waals surface area contributed by atoms with E-state index in [1.54, 1.807) is 26.8 Å². The van der Waals surface area contributed by atoms with Crippen LogP contribution in [-0.2, 0) is 4.74 Å². The molecule has 2 atom stereocenters. The van der Waals surface area contributed by atoms with E-state index in [1.165, 1.54) is 16.2 Å². The molecule has 0 spiro atoms. The quantitative estimate of drug-likeness (QED) is 0.862. The molecule has 2 heterocycles. The van der Waals surface area contributed by atoms with Crippen molar-refractivity contribution < 1.29 is 18.7 Å². The summed E-state index contributed by atoms with van der Waals surface area (Å²) in [6.45, 7) is 5.66. The summed E-state index contributed by atoms with van der Waals surface area (Å²) in [5, 5.41) is 0.300. The number of amides is 2. The van der Waals surface area contributed by atoms with Gasteiger partial charge in [-0.05, 0) is 33.3 Å². The molecule has 8 heteroatoms. The van der Waals surface area contributed by atoms with E-state index in [-0.39, 0.29) is 12.1 Å². The van der Waals surface area contributed by atoms with Gasteiger partial charge < -0.3 is 21.1 Å². The maximum Gasteiger partial charge on any atom is 0.410 e. The van der Waals surface area contributed by atoms with E-state index >= 15 is 0 Å². The number of piperidine rings is 1. The Morgan fingerprint density at radius 1 is 1.43 bits per heavy atom. The van der Waals surface area contributed by atoms with E-state index in [0.29, 0.717) is 22.8 Å². The fourth-order valence-corrected chi connectivity index (χ4v) is 3.63. The number of nitrogens with zero attached hydrogens (tertiary/aromatic N) is 1. The van der Waals surface area contributed by atoms with Crippen LogP contribution in [0.4, 0.5) is 14.2 Å². The number of rotatable bonds is 2. The number of primary amides is 1. The Balaban J connectivity index is 2.06. The smallest absolute Gasteiger partial charge is 0.410 e. The summed E-state index contributed by atoms with van der Waals surface area (Å²) in [7, 11) is 0. The number of nitrogens with two attached hydrogens (primary N) is 2. The first kappa shape index (κ1) is 17.5. The van der Waals surface area contributed by atoms with E-state index in [1.807, 2.05) is 0 Å². The molecule has 4 N–H and O–H groups in total. The molecular weight excluding hydrogens is 321 g/mol. The second kappa shape index (κ2) is 6.35. The van der Waals surface area contributed by atoms with Crippen LogP contribution in [0.25, 0.3) is 0 Å². The second-order valence-electron chi connectivity index (χ2n) is 6.63. The summed E-state index contributed by atoms with van der Waals surface area (Å²) < 4.78 is 19.8. The van der Waals surface area contributed by atoms with Gasteiger partial charge in [0.2, 0.25) is 0 Å². The summed E-state index contributed by atoms with van der Waals surface area (Å²) in [5.74, 6) is -1.01. The molecule has 0 aliphatic carbocycles. The number of alkyl halides is 1. The molecule has 6 nitrogen and oxygen atoms in total. The van der Waals surface area contributed by atoms with Crippen LogP contribution in [0.1, 0.15) is 48.3 Å². The summed E-state index contributed by atoms with van der Waals surface area (Å²) in [6.07, 6.45) is -1.31.